The van der Waals surface area contributed by atoms with E-state index in [2.05, 4.69) is 0 Å². The molecular formula is C25H34O9S. The monoisotopic (exact) mass is 510 g/mol. The molecule has 9 nitrogen and oxygen atoms in total. The Morgan fingerprint density at radius 1 is 0.886 bits per heavy atom. The summed E-state index contributed by atoms with van der Waals surface area (Å²) < 4.78 is 60.0. The van der Waals surface area contributed by atoms with E-state index in [1.54, 1.807) is 40.4 Å². The molecule has 2 aromatic carbocycles. The highest BCUT2D eigenvalue weighted by atomic mass is 32.2. The fourth-order valence-electron chi connectivity index (χ4n) is 4.27. The van der Waals surface area contributed by atoms with Crippen molar-refractivity contribution in [1.29, 1.82) is 0 Å². The zero-order chi connectivity index (χ0) is 25.8. The van der Waals surface area contributed by atoms with Crippen LogP contribution < -0.4 is 23.7 Å². The summed E-state index contributed by atoms with van der Waals surface area (Å²) in [4.78, 5) is -0.0190. The van der Waals surface area contributed by atoms with Gasteiger partial charge in [0.25, 0.3) is 0 Å². The fraction of sp³-hybridized carbons (Fsp3) is 0.520. The number of aliphatic hydroxyl groups excluding tert-OH is 1. The van der Waals surface area contributed by atoms with Gasteiger partial charge >= 0.3 is 0 Å². The molecule has 35 heavy (non-hydrogen) atoms. The molecule has 0 bridgehead atoms. The van der Waals surface area contributed by atoms with E-state index in [4.69, 9.17) is 28.4 Å². The number of benzene rings is 2. The standard InChI is InChI=1S/C25H34O9S/c1-7-33-25-22(31-5)12-17(13-23(25)35(27,28)14-15(2)26)19-9-8-18(34-19)16-10-20(29-3)24(32-6)21(11-16)30-4/h10-13,15,18-19,26H,7-9,14H2,1-6H3/t15?,18-,19-/m0/s1. The van der Waals surface area contributed by atoms with Gasteiger partial charge in [-0.05, 0) is 62.1 Å². The number of rotatable bonds is 11. The van der Waals surface area contributed by atoms with Gasteiger partial charge in [0.15, 0.2) is 32.8 Å². The summed E-state index contributed by atoms with van der Waals surface area (Å²) in [5.41, 5.74) is 1.52. The maximum Gasteiger partial charge on any atom is 0.203 e. The highest BCUT2D eigenvalue weighted by Crippen LogP contribution is 2.48. The second-order valence-corrected chi connectivity index (χ2v) is 10.3. The molecule has 0 radical (unpaired) electrons. The number of sulfone groups is 1. The van der Waals surface area contributed by atoms with Crippen LogP contribution in [0.15, 0.2) is 29.2 Å². The van der Waals surface area contributed by atoms with Crippen LogP contribution in [0, 0.1) is 0 Å². The lowest BCUT2D eigenvalue weighted by molar-refractivity contribution is 0.0435. The Morgan fingerprint density at radius 3 is 1.80 bits per heavy atom. The number of hydrogen-bond acceptors (Lipinski definition) is 9. The molecular weight excluding hydrogens is 476 g/mol. The molecule has 194 valence electrons. The van der Waals surface area contributed by atoms with Crippen LogP contribution in [0.1, 0.15) is 50.0 Å². The highest BCUT2D eigenvalue weighted by Gasteiger charge is 2.33. The van der Waals surface area contributed by atoms with E-state index in [0.29, 0.717) is 41.4 Å². The largest absolute Gasteiger partial charge is 0.493 e. The average Bonchev–Trinajstić information content (AvgIpc) is 3.32. The molecule has 0 amide bonds. The van der Waals surface area contributed by atoms with E-state index < -0.39 is 21.7 Å². The van der Waals surface area contributed by atoms with Gasteiger partial charge in [-0.25, -0.2) is 8.42 Å². The lowest BCUT2D eigenvalue weighted by atomic mass is 10.0. The van der Waals surface area contributed by atoms with E-state index in [1.807, 2.05) is 12.1 Å². The zero-order valence-corrected chi connectivity index (χ0v) is 21.8. The average molecular weight is 511 g/mol. The molecule has 2 aromatic rings. The topological polar surface area (TPSA) is 110 Å². The summed E-state index contributed by atoms with van der Waals surface area (Å²) in [6.07, 6.45) is -0.299. The Morgan fingerprint density at radius 2 is 1.37 bits per heavy atom. The van der Waals surface area contributed by atoms with Gasteiger partial charge in [0.05, 0.1) is 59.1 Å². The van der Waals surface area contributed by atoms with Crippen molar-refractivity contribution >= 4 is 9.84 Å². The minimum Gasteiger partial charge on any atom is -0.493 e. The third kappa shape index (κ3) is 5.76. The summed E-state index contributed by atoms with van der Waals surface area (Å²) in [6, 6.07) is 7.01. The highest BCUT2D eigenvalue weighted by molar-refractivity contribution is 7.91. The van der Waals surface area contributed by atoms with Crippen molar-refractivity contribution in [3.63, 3.8) is 0 Å². The Bertz CT molecular complexity index is 1100. The first-order chi connectivity index (χ1) is 16.7. The molecule has 0 spiro atoms. The quantitative estimate of drug-likeness (QED) is 0.482. The van der Waals surface area contributed by atoms with E-state index >= 15 is 0 Å². The molecule has 3 atom stereocenters. The van der Waals surface area contributed by atoms with Gasteiger partial charge in [0, 0.05) is 0 Å². The van der Waals surface area contributed by atoms with Crippen molar-refractivity contribution < 1.29 is 41.9 Å². The summed E-state index contributed by atoms with van der Waals surface area (Å²) >= 11 is 0. The smallest absolute Gasteiger partial charge is 0.203 e. The van der Waals surface area contributed by atoms with Crippen molar-refractivity contribution in [2.75, 3.05) is 40.8 Å². The first kappa shape index (κ1) is 26.9. The Hall–Kier alpha value is -2.69. The molecule has 10 heteroatoms. The van der Waals surface area contributed by atoms with Crippen molar-refractivity contribution in [1.82, 2.24) is 0 Å². The number of hydrogen-bond donors (Lipinski definition) is 1. The molecule has 1 fully saturated rings. The SMILES string of the molecule is CCOc1c(OC)cc([C@@H]2CC[C@@H](c3cc(OC)c(OC)c(OC)c3)O2)cc1S(=O)(=O)CC(C)O. The number of ether oxygens (including phenoxy) is 6. The van der Waals surface area contributed by atoms with Gasteiger partial charge in [-0.15, -0.1) is 0 Å². The zero-order valence-electron chi connectivity index (χ0n) is 21.0. The lowest BCUT2D eigenvalue weighted by Crippen LogP contribution is -2.19. The molecule has 1 heterocycles. The second-order valence-electron chi connectivity index (χ2n) is 8.26. The predicted molar refractivity (Wildman–Crippen MR) is 130 cm³/mol. The van der Waals surface area contributed by atoms with Crippen LogP contribution in [-0.2, 0) is 14.6 Å². The van der Waals surface area contributed by atoms with Crippen molar-refractivity contribution in [3.8, 4) is 28.7 Å². The third-order valence-electron chi connectivity index (χ3n) is 5.80. The van der Waals surface area contributed by atoms with E-state index in [9.17, 15) is 13.5 Å². The minimum absolute atomic E-state index is 0.0190. The second kappa shape index (κ2) is 11.4. The van der Waals surface area contributed by atoms with E-state index in [0.717, 1.165) is 5.56 Å². The van der Waals surface area contributed by atoms with Crippen molar-refractivity contribution in [2.24, 2.45) is 0 Å². The van der Waals surface area contributed by atoms with Crippen molar-refractivity contribution in [3.05, 3.63) is 35.4 Å². The lowest BCUT2D eigenvalue weighted by Gasteiger charge is -2.21. The number of aliphatic hydroxyl groups is 1. The fourth-order valence-corrected chi connectivity index (χ4v) is 5.85. The van der Waals surface area contributed by atoms with Crippen LogP contribution >= 0.6 is 0 Å². The van der Waals surface area contributed by atoms with Gasteiger partial charge in [-0.3, -0.25) is 0 Å². The van der Waals surface area contributed by atoms with Gasteiger partial charge in [0.2, 0.25) is 5.75 Å². The Balaban J connectivity index is 1.99. The first-order valence-electron chi connectivity index (χ1n) is 11.4. The summed E-state index contributed by atoms with van der Waals surface area (Å²) in [6.45, 7) is 3.46. The maximum atomic E-state index is 13.1. The third-order valence-corrected chi connectivity index (χ3v) is 7.69. The molecule has 3 rings (SSSR count). The normalized spacial score (nSPS) is 18.7. The summed E-state index contributed by atoms with van der Waals surface area (Å²) in [5, 5.41) is 9.76. The van der Waals surface area contributed by atoms with Gasteiger partial charge in [0.1, 0.15) is 4.90 Å². The van der Waals surface area contributed by atoms with Gasteiger partial charge in [-0.1, -0.05) is 0 Å². The molecule has 0 aromatic heterocycles. The first-order valence-corrected chi connectivity index (χ1v) is 13.0. The molecule has 1 aliphatic heterocycles. The minimum atomic E-state index is -3.85. The van der Waals surface area contributed by atoms with Gasteiger partial charge in [-0.2, -0.15) is 0 Å². The Labute approximate surface area is 206 Å². The number of methoxy groups -OCH3 is 4. The maximum absolute atomic E-state index is 13.1. The van der Waals surface area contributed by atoms with Crippen LogP contribution in [0.2, 0.25) is 0 Å². The molecule has 1 unspecified atom stereocenters. The van der Waals surface area contributed by atoms with Gasteiger partial charge < -0.3 is 33.5 Å². The molecule has 0 aliphatic carbocycles. The predicted octanol–water partition coefficient (Wildman–Crippen LogP) is 3.87. The van der Waals surface area contributed by atoms with Crippen molar-refractivity contribution in [2.45, 2.75) is 49.9 Å². The summed E-state index contributed by atoms with van der Waals surface area (Å²) in [5.74, 6) is 1.56. The van der Waals surface area contributed by atoms with Crippen LogP contribution in [0.25, 0.3) is 0 Å². The van der Waals surface area contributed by atoms with Crippen LogP contribution in [0.5, 0.6) is 28.7 Å². The van der Waals surface area contributed by atoms with E-state index in [-0.39, 0.29) is 29.5 Å². The van der Waals surface area contributed by atoms with Crippen LogP contribution in [-0.4, -0.2) is 60.4 Å². The van der Waals surface area contributed by atoms with E-state index in [1.165, 1.54) is 14.0 Å². The Kier molecular flexibility index (Phi) is 8.74. The molecule has 1 aliphatic rings. The molecule has 0 saturated carbocycles. The molecule has 1 saturated heterocycles. The summed E-state index contributed by atoms with van der Waals surface area (Å²) in [7, 11) is 2.27. The van der Waals surface area contributed by atoms with Crippen LogP contribution in [0.3, 0.4) is 0 Å². The molecule has 1 N–H and O–H groups in total. The van der Waals surface area contributed by atoms with Crippen LogP contribution in [0.4, 0.5) is 0 Å².